The van der Waals surface area contributed by atoms with Crippen molar-refractivity contribution >= 4 is 28.8 Å². The van der Waals surface area contributed by atoms with E-state index in [0.29, 0.717) is 22.7 Å². The number of para-hydroxylation sites is 1. The van der Waals surface area contributed by atoms with Crippen LogP contribution >= 0.6 is 12.2 Å². The van der Waals surface area contributed by atoms with Crippen molar-refractivity contribution in [2.75, 3.05) is 0 Å². The second-order valence-corrected chi connectivity index (χ2v) is 5.42. The fraction of sp³-hybridized carbons (Fsp3) is 0.286. The van der Waals surface area contributed by atoms with Crippen molar-refractivity contribution in [1.82, 2.24) is 10.6 Å². The Morgan fingerprint density at radius 2 is 2.05 bits per heavy atom. The number of allylic oxidation sites excluding steroid dienone is 1. The SMILES string of the molecule is O=C1CCCC2=C1[C@H](c1ccccc1[N+](=O)[O-])NC(=S)N2. The minimum absolute atomic E-state index is 0.00933. The fourth-order valence-corrected chi connectivity index (χ4v) is 3.08. The summed E-state index contributed by atoms with van der Waals surface area (Å²) in [6, 6.07) is 5.89. The number of benzene rings is 1. The molecule has 0 fully saturated rings. The van der Waals surface area contributed by atoms with Crippen molar-refractivity contribution < 1.29 is 9.72 Å². The van der Waals surface area contributed by atoms with E-state index in [1.54, 1.807) is 18.2 Å². The first-order valence-electron chi connectivity index (χ1n) is 6.65. The molecule has 1 aromatic carbocycles. The molecule has 2 aliphatic rings. The van der Waals surface area contributed by atoms with Gasteiger partial charge in [-0.25, -0.2) is 0 Å². The molecule has 1 atom stereocenters. The van der Waals surface area contributed by atoms with Gasteiger partial charge in [0.25, 0.3) is 5.69 Å². The molecule has 0 unspecified atom stereocenters. The van der Waals surface area contributed by atoms with E-state index in [1.807, 2.05) is 0 Å². The van der Waals surface area contributed by atoms with Crippen LogP contribution in [-0.2, 0) is 4.79 Å². The average molecular weight is 303 g/mol. The highest BCUT2D eigenvalue weighted by atomic mass is 32.1. The average Bonchev–Trinajstić information content (AvgIpc) is 2.46. The summed E-state index contributed by atoms with van der Waals surface area (Å²) in [5.41, 5.74) is 1.82. The smallest absolute Gasteiger partial charge is 0.275 e. The highest BCUT2D eigenvalue weighted by Gasteiger charge is 2.36. The Morgan fingerprint density at radius 1 is 1.29 bits per heavy atom. The normalized spacial score (nSPS) is 21.4. The van der Waals surface area contributed by atoms with Gasteiger partial charge in [0.2, 0.25) is 0 Å². The van der Waals surface area contributed by atoms with E-state index in [9.17, 15) is 14.9 Å². The number of rotatable bonds is 2. The lowest BCUT2D eigenvalue weighted by atomic mass is 9.85. The van der Waals surface area contributed by atoms with Gasteiger partial charge >= 0.3 is 0 Å². The molecule has 108 valence electrons. The molecule has 1 aromatic rings. The third kappa shape index (κ3) is 2.40. The Hall–Kier alpha value is -2.28. The molecule has 1 aliphatic heterocycles. The molecule has 0 saturated carbocycles. The molecule has 0 aromatic heterocycles. The summed E-state index contributed by atoms with van der Waals surface area (Å²) in [7, 11) is 0. The molecule has 0 amide bonds. The Balaban J connectivity index is 2.14. The maximum Gasteiger partial charge on any atom is 0.275 e. The van der Waals surface area contributed by atoms with Crippen LogP contribution < -0.4 is 10.6 Å². The summed E-state index contributed by atoms with van der Waals surface area (Å²) in [6.45, 7) is 0. The summed E-state index contributed by atoms with van der Waals surface area (Å²) in [6.07, 6.45) is 1.98. The number of nitrogens with one attached hydrogen (secondary N) is 2. The number of ketones is 1. The van der Waals surface area contributed by atoms with E-state index < -0.39 is 11.0 Å². The third-order valence-electron chi connectivity index (χ3n) is 3.73. The Morgan fingerprint density at radius 3 is 2.81 bits per heavy atom. The quantitative estimate of drug-likeness (QED) is 0.494. The lowest BCUT2D eigenvalue weighted by molar-refractivity contribution is -0.385. The van der Waals surface area contributed by atoms with Gasteiger partial charge in [0, 0.05) is 23.8 Å². The number of Topliss-reactive ketones (excluding diaryl/α,β-unsaturated/α-hetero) is 1. The first-order chi connectivity index (χ1) is 10.1. The number of nitro groups is 1. The lowest BCUT2D eigenvalue weighted by Crippen LogP contribution is -2.46. The second-order valence-electron chi connectivity index (χ2n) is 5.02. The minimum atomic E-state index is -0.553. The molecule has 0 bridgehead atoms. The summed E-state index contributed by atoms with van der Waals surface area (Å²) in [5.74, 6) is 0.0156. The van der Waals surface area contributed by atoms with Crippen molar-refractivity contribution in [2.45, 2.75) is 25.3 Å². The number of nitro benzene ring substituents is 1. The third-order valence-corrected chi connectivity index (χ3v) is 3.95. The predicted molar refractivity (Wildman–Crippen MR) is 80.6 cm³/mol. The van der Waals surface area contributed by atoms with E-state index in [0.717, 1.165) is 18.5 Å². The molecule has 1 aliphatic carbocycles. The molecular weight excluding hydrogens is 290 g/mol. The van der Waals surface area contributed by atoms with Crippen molar-refractivity contribution in [2.24, 2.45) is 0 Å². The first kappa shape index (κ1) is 13.7. The number of carbonyl (C=O) groups excluding carboxylic acids is 1. The number of nitrogens with zero attached hydrogens (tertiary/aromatic N) is 1. The van der Waals surface area contributed by atoms with Gasteiger partial charge in [-0.1, -0.05) is 12.1 Å². The molecule has 1 heterocycles. The van der Waals surface area contributed by atoms with Crippen LogP contribution in [-0.4, -0.2) is 15.8 Å². The molecular formula is C14H13N3O3S. The lowest BCUT2D eigenvalue weighted by Gasteiger charge is -2.33. The molecule has 0 radical (unpaired) electrons. The standard InChI is InChI=1S/C14H13N3O3S/c18-11-7-3-5-9-12(11)13(16-14(21)15-9)8-4-1-2-6-10(8)17(19)20/h1-2,4,6,13H,3,5,7H2,(H2,15,16,21)/t13-/m0/s1. The van der Waals surface area contributed by atoms with Gasteiger partial charge in [-0.05, 0) is 31.1 Å². The number of carbonyl (C=O) groups is 1. The van der Waals surface area contributed by atoms with E-state index in [1.165, 1.54) is 6.07 Å². The van der Waals surface area contributed by atoms with Crippen molar-refractivity contribution in [1.29, 1.82) is 0 Å². The molecule has 21 heavy (non-hydrogen) atoms. The molecule has 0 spiro atoms. The Labute approximate surface area is 126 Å². The van der Waals surface area contributed by atoms with Gasteiger partial charge in [-0.2, -0.15) is 0 Å². The highest BCUT2D eigenvalue weighted by Crippen LogP contribution is 2.36. The zero-order chi connectivity index (χ0) is 15.0. The van der Waals surface area contributed by atoms with Gasteiger partial charge in [0.05, 0.1) is 16.5 Å². The van der Waals surface area contributed by atoms with Crippen molar-refractivity contribution in [3.8, 4) is 0 Å². The van der Waals surface area contributed by atoms with Gasteiger partial charge in [-0.3, -0.25) is 14.9 Å². The van der Waals surface area contributed by atoms with Crippen molar-refractivity contribution in [3.05, 3.63) is 51.2 Å². The van der Waals surface area contributed by atoms with Crippen molar-refractivity contribution in [3.63, 3.8) is 0 Å². The summed E-state index contributed by atoms with van der Waals surface area (Å²) < 4.78 is 0. The monoisotopic (exact) mass is 303 g/mol. The summed E-state index contributed by atoms with van der Waals surface area (Å²) in [4.78, 5) is 23.0. The number of hydrogen-bond donors (Lipinski definition) is 2. The minimum Gasteiger partial charge on any atom is -0.351 e. The van der Waals surface area contributed by atoms with Gasteiger partial charge < -0.3 is 10.6 Å². The van der Waals surface area contributed by atoms with E-state index >= 15 is 0 Å². The van der Waals surface area contributed by atoms with E-state index in [4.69, 9.17) is 12.2 Å². The fourth-order valence-electron chi connectivity index (χ4n) is 2.84. The Kier molecular flexibility index (Phi) is 3.42. The largest absolute Gasteiger partial charge is 0.351 e. The maximum atomic E-state index is 12.2. The summed E-state index contributed by atoms with van der Waals surface area (Å²) >= 11 is 5.16. The van der Waals surface area contributed by atoms with Crippen LogP contribution in [0.15, 0.2) is 35.5 Å². The topological polar surface area (TPSA) is 84.3 Å². The van der Waals surface area contributed by atoms with Crippen LogP contribution in [0.1, 0.15) is 30.9 Å². The van der Waals surface area contributed by atoms with E-state index in [-0.39, 0.29) is 11.5 Å². The number of hydrogen-bond acceptors (Lipinski definition) is 4. The first-order valence-corrected chi connectivity index (χ1v) is 7.06. The molecule has 6 nitrogen and oxygen atoms in total. The Bertz CT molecular complexity index is 684. The zero-order valence-corrected chi connectivity index (χ0v) is 11.9. The second kappa shape index (κ2) is 5.25. The number of thiocarbonyl (C=S) groups is 1. The maximum absolute atomic E-state index is 12.2. The van der Waals surface area contributed by atoms with Gasteiger partial charge in [-0.15, -0.1) is 0 Å². The van der Waals surface area contributed by atoms with Crippen LogP contribution in [0, 0.1) is 10.1 Å². The van der Waals surface area contributed by atoms with Crippen LogP contribution in [0.2, 0.25) is 0 Å². The van der Waals surface area contributed by atoms with Crippen LogP contribution in [0.4, 0.5) is 5.69 Å². The van der Waals surface area contributed by atoms with E-state index in [2.05, 4.69) is 10.6 Å². The highest BCUT2D eigenvalue weighted by molar-refractivity contribution is 7.80. The van der Waals surface area contributed by atoms with Gasteiger partial charge in [0.1, 0.15) is 0 Å². The summed E-state index contributed by atoms with van der Waals surface area (Å²) in [5, 5.41) is 17.6. The van der Waals surface area contributed by atoms with Crippen LogP contribution in [0.25, 0.3) is 0 Å². The predicted octanol–water partition coefficient (Wildman–Crippen LogP) is 2.12. The molecule has 2 N–H and O–H groups in total. The zero-order valence-electron chi connectivity index (χ0n) is 11.1. The van der Waals surface area contributed by atoms with Crippen LogP contribution in [0.3, 0.4) is 0 Å². The molecule has 7 heteroatoms. The molecule has 3 rings (SSSR count). The molecule has 0 saturated heterocycles. The van der Waals surface area contributed by atoms with Gasteiger partial charge in [0.15, 0.2) is 10.9 Å². The van der Waals surface area contributed by atoms with Crippen LogP contribution in [0.5, 0.6) is 0 Å².